The summed E-state index contributed by atoms with van der Waals surface area (Å²) >= 11 is 0. The first-order chi connectivity index (χ1) is 9.57. The minimum absolute atomic E-state index is 0.0873. The maximum atomic E-state index is 12.2. The summed E-state index contributed by atoms with van der Waals surface area (Å²) in [7, 11) is 0. The molecule has 5 heteroatoms. The molecule has 0 radical (unpaired) electrons. The van der Waals surface area contributed by atoms with E-state index in [4.69, 9.17) is 0 Å². The van der Waals surface area contributed by atoms with Crippen LogP contribution in [0.5, 0.6) is 0 Å². The molecule has 0 aromatic heterocycles. The number of likely N-dealkylation sites (tertiary alicyclic amines) is 1. The standard InChI is InChI=1S/C15H26N2O3/c1-2-15(13(18)19)8-5-9-17(11-15)14(20)16-10-12-6-3-4-7-12/h12H,2-11H2,1H3,(H,16,20)(H,18,19). The van der Waals surface area contributed by atoms with Crippen LogP contribution < -0.4 is 5.32 Å². The van der Waals surface area contributed by atoms with Gasteiger partial charge in [0.05, 0.1) is 5.41 Å². The van der Waals surface area contributed by atoms with Crippen molar-refractivity contribution in [3.63, 3.8) is 0 Å². The highest BCUT2D eigenvalue weighted by Gasteiger charge is 2.42. The molecule has 0 aromatic rings. The molecule has 1 atom stereocenters. The number of carbonyl (C=O) groups is 2. The predicted molar refractivity (Wildman–Crippen MR) is 76.5 cm³/mol. The lowest BCUT2D eigenvalue weighted by molar-refractivity contribution is -0.152. The summed E-state index contributed by atoms with van der Waals surface area (Å²) in [5.41, 5.74) is -0.747. The lowest BCUT2D eigenvalue weighted by Crippen LogP contribution is -2.52. The highest BCUT2D eigenvalue weighted by molar-refractivity contribution is 5.78. The van der Waals surface area contributed by atoms with Crippen LogP contribution in [-0.4, -0.2) is 41.6 Å². The highest BCUT2D eigenvalue weighted by Crippen LogP contribution is 2.33. The number of aliphatic carboxylic acids is 1. The summed E-state index contributed by atoms with van der Waals surface area (Å²) in [6.07, 6.45) is 6.96. The Morgan fingerprint density at radius 3 is 2.60 bits per heavy atom. The van der Waals surface area contributed by atoms with Gasteiger partial charge in [-0.15, -0.1) is 0 Å². The molecular formula is C15H26N2O3. The number of nitrogens with zero attached hydrogens (tertiary/aromatic N) is 1. The minimum Gasteiger partial charge on any atom is -0.481 e. The number of amides is 2. The van der Waals surface area contributed by atoms with Crippen molar-refractivity contribution in [2.24, 2.45) is 11.3 Å². The topological polar surface area (TPSA) is 69.6 Å². The van der Waals surface area contributed by atoms with Crippen LogP contribution in [0.3, 0.4) is 0 Å². The largest absolute Gasteiger partial charge is 0.481 e. The molecule has 2 aliphatic rings. The number of urea groups is 1. The van der Waals surface area contributed by atoms with Crippen LogP contribution in [0.15, 0.2) is 0 Å². The fourth-order valence-electron chi connectivity index (χ4n) is 3.48. The summed E-state index contributed by atoms with van der Waals surface area (Å²) < 4.78 is 0. The van der Waals surface area contributed by atoms with Gasteiger partial charge in [-0.05, 0) is 38.0 Å². The second kappa shape index (κ2) is 6.46. The number of piperidine rings is 1. The Labute approximate surface area is 120 Å². The molecule has 2 N–H and O–H groups in total. The van der Waals surface area contributed by atoms with Crippen LogP contribution in [0.25, 0.3) is 0 Å². The van der Waals surface area contributed by atoms with Crippen molar-refractivity contribution in [2.75, 3.05) is 19.6 Å². The molecule has 0 bridgehead atoms. The molecule has 2 rings (SSSR count). The van der Waals surface area contributed by atoms with Crippen LogP contribution >= 0.6 is 0 Å². The van der Waals surface area contributed by atoms with Crippen LogP contribution in [-0.2, 0) is 4.79 Å². The molecule has 1 aliphatic carbocycles. The Bertz CT molecular complexity index is 366. The Kier molecular flexibility index (Phi) is 4.89. The van der Waals surface area contributed by atoms with Gasteiger partial charge in [0, 0.05) is 19.6 Å². The van der Waals surface area contributed by atoms with Crippen molar-refractivity contribution in [2.45, 2.75) is 51.9 Å². The molecule has 0 spiro atoms. The van der Waals surface area contributed by atoms with E-state index in [0.717, 1.165) is 13.0 Å². The lowest BCUT2D eigenvalue weighted by Gasteiger charge is -2.39. The van der Waals surface area contributed by atoms with E-state index in [1.54, 1.807) is 4.90 Å². The number of hydrogen-bond acceptors (Lipinski definition) is 2. The average molecular weight is 282 g/mol. The van der Waals surface area contributed by atoms with Crippen molar-refractivity contribution in [1.82, 2.24) is 10.2 Å². The summed E-state index contributed by atoms with van der Waals surface area (Å²) in [5, 5.41) is 12.4. The van der Waals surface area contributed by atoms with Gasteiger partial charge < -0.3 is 15.3 Å². The fraction of sp³-hybridized carbons (Fsp3) is 0.867. The number of carbonyl (C=O) groups excluding carboxylic acids is 1. The second-order valence-electron chi connectivity index (χ2n) is 6.30. The van der Waals surface area contributed by atoms with Gasteiger partial charge in [0.25, 0.3) is 0 Å². The molecule has 20 heavy (non-hydrogen) atoms. The number of nitrogens with one attached hydrogen (secondary N) is 1. The maximum absolute atomic E-state index is 12.2. The van der Waals surface area contributed by atoms with Gasteiger partial charge in [-0.1, -0.05) is 19.8 Å². The quantitative estimate of drug-likeness (QED) is 0.832. The molecule has 0 aromatic carbocycles. The van der Waals surface area contributed by atoms with Crippen molar-refractivity contribution >= 4 is 12.0 Å². The van der Waals surface area contributed by atoms with Crippen molar-refractivity contribution in [1.29, 1.82) is 0 Å². The van der Waals surface area contributed by atoms with E-state index < -0.39 is 11.4 Å². The van der Waals surface area contributed by atoms with Crippen LogP contribution in [0.2, 0.25) is 0 Å². The van der Waals surface area contributed by atoms with Gasteiger partial charge in [-0.25, -0.2) is 4.79 Å². The second-order valence-corrected chi connectivity index (χ2v) is 6.30. The molecule has 1 aliphatic heterocycles. The Morgan fingerprint density at radius 2 is 2.00 bits per heavy atom. The van der Waals surface area contributed by atoms with Gasteiger partial charge in [-0.3, -0.25) is 4.79 Å². The van der Waals surface area contributed by atoms with Gasteiger partial charge >= 0.3 is 12.0 Å². The van der Waals surface area contributed by atoms with E-state index in [1.165, 1.54) is 25.7 Å². The number of hydrogen-bond donors (Lipinski definition) is 2. The molecule has 1 saturated heterocycles. The van der Waals surface area contributed by atoms with E-state index in [9.17, 15) is 14.7 Å². The molecule has 1 unspecified atom stereocenters. The van der Waals surface area contributed by atoms with Gasteiger partial charge in [0.1, 0.15) is 0 Å². The third-order valence-corrected chi connectivity index (χ3v) is 5.01. The van der Waals surface area contributed by atoms with Gasteiger partial charge in [0.2, 0.25) is 0 Å². The number of carboxylic acids is 1. The Balaban J connectivity index is 1.87. The first-order valence-electron chi connectivity index (χ1n) is 7.83. The first kappa shape index (κ1) is 15.1. The Hall–Kier alpha value is -1.26. The monoisotopic (exact) mass is 282 g/mol. The highest BCUT2D eigenvalue weighted by atomic mass is 16.4. The van der Waals surface area contributed by atoms with E-state index >= 15 is 0 Å². The van der Waals surface area contributed by atoms with Crippen LogP contribution in [0.1, 0.15) is 51.9 Å². The van der Waals surface area contributed by atoms with Crippen LogP contribution in [0, 0.1) is 11.3 Å². The van der Waals surface area contributed by atoms with Crippen LogP contribution in [0.4, 0.5) is 4.79 Å². The van der Waals surface area contributed by atoms with E-state index in [2.05, 4.69) is 5.32 Å². The van der Waals surface area contributed by atoms with E-state index in [0.29, 0.717) is 31.8 Å². The summed E-state index contributed by atoms with van der Waals surface area (Å²) in [4.78, 5) is 25.4. The lowest BCUT2D eigenvalue weighted by atomic mass is 9.78. The first-order valence-corrected chi connectivity index (χ1v) is 7.83. The summed E-state index contributed by atoms with van der Waals surface area (Å²) in [6, 6.07) is -0.0873. The van der Waals surface area contributed by atoms with Crippen molar-refractivity contribution in [3.05, 3.63) is 0 Å². The van der Waals surface area contributed by atoms with Crippen molar-refractivity contribution < 1.29 is 14.7 Å². The molecule has 2 fully saturated rings. The minimum atomic E-state index is -0.770. The van der Waals surface area contributed by atoms with Gasteiger partial charge in [0.15, 0.2) is 0 Å². The molecule has 1 saturated carbocycles. The Morgan fingerprint density at radius 1 is 1.30 bits per heavy atom. The fourth-order valence-corrected chi connectivity index (χ4v) is 3.48. The summed E-state index contributed by atoms with van der Waals surface area (Å²) in [6.45, 7) is 3.65. The SMILES string of the molecule is CCC1(C(=O)O)CCCN(C(=O)NCC2CCCC2)C1. The van der Waals surface area contributed by atoms with E-state index in [1.807, 2.05) is 6.92 Å². The zero-order chi connectivity index (χ0) is 14.6. The summed E-state index contributed by atoms with van der Waals surface area (Å²) in [5.74, 6) is -0.160. The zero-order valence-electron chi connectivity index (χ0n) is 12.4. The number of rotatable bonds is 4. The average Bonchev–Trinajstić information content (AvgIpc) is 2.97. The molecule has 114 valence electrons. The van der Waals surface area contributed by atoms with Crippen molar-refractivity contribution in [3.8, 4) is 0 Å². The van der Waals surface area contributed by atoms with Gasteiger partial charge in [-0.2, -0.15) is 0 Å². The maximum Gasteiger partial charge on any atom is 0.317 e. The third kappa shape index (κ3) is 3.25. The zero-order valence-corrected chi connectivity index (χ0v) is 12.4. The molecule has 1 heterocycles. The predicted octanol–water partition coefficient (Wildman–Crippen LogP) is 2.46. The smallest absolute Gasteiger partial charge is 0.317 e. The normalized spacial score (nSPS) is 27.6. The molecule has 5 nitrogen and oxygen atoms in total. The molecule has 2 amide bonds. The number of carboxylic acid groups (broad SMARTS) is 1. The van der Waals surface area contributed by atoms with E-state index in [-0.39, 0.29) is 6.03 Å². The molecular weight excluding hydrogens is 256 g/mol. The third-order valence-electron chi connectivity index (χ3n) is 5.01.